The van der Waals surface area contributed by atoms with Crippen LogP contribution in [0.3, 0.4) is 0 Å². The number of hydrogen-bond acceptors (Lipinski definition) is 2. The quantitative estimate of drug-likeness (QED) is 0.674. The summed E-state index contributed by atoms with van der Waals surface area (Å²) in [6.45, 7) is 3.62. The van der Waals surface area contributed by atoms with Crippen molar-refractivity contribution < 1.29 is 13.9 Å². The van der Waals surface area contributed by atoms with E-state index in [0.29, 0.717) is 11.3 Å². The molecule has 0 N–H and O–H groups in total. The normalized spacial score (nSPS) is 9.67. The third-order valence-corrected chi connectivity index (χ3v) is 1.53. The van der Waals surface area contributed by atoms with E-state index in [-0.39, 0.29) is 5.75 Å². The minimum atomic E-state index is -0.457. The van der Waals surface area contributed by atoms with Gasteiger partial charge in [0.25, 0.3) is 0 Å². The van der Waals surface area contributed by atoms with Crippen molar-refractivity contribution in [3.05, 3.63) is 30.4 Å². The maximum Gasteiger partial charge on any atom is 0.169 e. The summed E-state index contributed by atoms with van der Waals surface area (Å²) in [4.78, 5) is 0. The van der Waals surface area contributed by atoms with E-state index < -0.39 is 5.82 Å². The van der Waals surface area contributed by atoms with Gasteiger partial charge in [-0.2, -0.15) is 0 Å². The Labute approximate surface area is 70.9 Å². The fourth-order valence-electron chi connectivity index (χ4n) is 0.969. The van der Waals surface area contributed by atoms with Gasteiger partial charge in [-0.05, 0) is 13.0 Å². The summed E-state index contributed by atoms with van der Waals surface area (Å²) in [6, 6.07) is 2.87. The molecule has 2 nitrogen and oxygen atoms in total. The zero-order chi connectivity index (χ0) is 9.14. The molecule has 0 aromatic heterocycles. The number of ether oxygens (including phenoxy) is 2. The van der Waals surface area contributed by atoms with Crippen molar-refractivity contribution in [2.24, 2.45) is 0 Å². The molecule has 0 atom stereocenters. The number of rotatable bonds is 2. The maximum absolute atomic E-state index is 13.1. The minimum absolute atomic E-state index is 0.163. The van der Waals surface area contributed by atoms with Crippen molar-refractivity contribution in [1.29, 1.82) is 0 Å². The third-order valence-electron chi connectivity index (χ3n) is 1.53. The van der Waals surface area contributed by atoms with E-state index in [1.165, 1.54) is 20.3 Å². The summed E-state index contributed by atoms with van der Waals surface area (Å²) in [5.41, 5.74) is 0.481. The van der Waals surface area contributed by atoms with Crippen LogP contribution >= 0.6 is 0 Å². The number of methoxy groups -OCH3 is 2. The van der Waals surface area contributed by atoms with E-state index in [1.54, 1.807) is 6.07 Å². The third kappa shape index (κ3) is 1.49. The largest absolute Gasteiger partial charge is 0.497 e. The van der Waals surface area contributed by atoms with Gasteiger partial charge >= 0.3 is 0 Å². The van der Waals surface area contributed by atoms with Crippen LogP contribution in [0.15, 0.2) is 12.1 Å². The lowest BCUT2D eigenvalue weighted by atomic mass is 10.2. The van der Waals surface area contributed by atoms with E-state index in [4.69, 9.17) is 9.47 Å². The second-order valence-electron chi connectivity index (χ2n) is 2.30. The summed E-state index contributed by atoms with van der Waals surface area (Å²) in [5, 5.41) is 0. The average molecular weight is 169 g/mol. The first-order valence-corrected chi connectivity index (χ1v) is 3.42. The molecule has 0 aliphatic carbocycles. The van der Waals surface area contributed by atoms with Crippen LogP contribution in [0.5, 0.6) is 11.5 Å². The molecule has 0 unspecified atom stereocenters. The molecule has 65 valence electrons. The monoisotopic (exact) mass is 169 g/mol. The van der Waals surface area contributed by atoms with Gasteiger partial charge in [-0.3, -0.25) is 0 Å². The number of benzene rings is 1. The molecule has 0 spiro atoms. The summed E-state index contributed by atoms with van der Waals surface area (Å²) in [7, 11) is 2.88. The predicted molar refractivity (Wildman–Crippen MR) is 44.0 cm³/mol. The molecule has 1 aromatic carbocycles. The molecule has 0 saturated heterocycles. The highest BCUT2D eigenvalue weighted by Gasteiger charge is 2.07. The highest BCUT2D eigenvalue weighted by Crippen LogP contribution is 2.26. The van der Waals surface area contributed by atoms with Crippen LogP contribution in [0.25, 0.3) is 0 Å². The van der Waals surface area contributed by atoms with E-state index in [0.717, 1.165) is 0 Å². The molecule has 1 radical (unpaired) electrons. The molecule has 0 heterocycles. The van der Waals surface area contributed by atoms with Gasteiger partial charge in [-0.1, -0.05) is 0 Å². The van der Waals surface area contributed by atoms with Crippen molar-refractivity contribution in [2.45, 2.75) is 0 Å². The highest BCUT2D eigenvalue weighted by molar-refractivity contribution is 5.43. The van der Waals surface area contributed by atoms with E-state index >= 15 is 0 Å². The molecule has 1 rings (SSSR count). The predicted octanol–water partition coefficient (Wildman–Crippen LogP) is 2.03. The second kappa shape index (κ2) is 3.43. The molecular formula is C9H10FO2. The van der Waals surface area contributed by atoms with Gasteiger partial charge in [0, 0.05) is 11.6 Å². The van der Waals surface area contributed by atoms with E-state index in [9.17, 15) is 4.39 Å². The molecule has 0 bridgehead atoms. The molecule has 0 amide bonds. The Morgan fingerprint density at radius 1 is 1.25 bits per heavy atom. The average Bonchev–Trinajstić information content (AvgIpc) is 2.03. The molecule has 0 aliphatic heterocycles. The standard InChI is InChI=1S/C9H10FO2/c1-6-4-7(11-2)5-8(10)9(6)12-3/h4-5H,1H2,2-3H3. The first kappa shape index (κ1) is 8.84. The lowest BCUT2D eigenvalue weighted by Crippen LogP contribution is -1.93. The Morgan fingerprint density at radius 2 is 1.92 bits per heavy atom. The minimum Gasteiger partial charge on any atom is -0.497 e. The Balaban J connectivity index is 3.18. The number of hydrogen-bond donors (Lipinski definition) is 0. The van der Waals surface area contributed by atoms with Crippen LogP contribution in [0.2, 0.25) is 0 Å². The van der Waals surface area contributed by atoms with Gasteiger partial charge in [-0.25, -0.2) is 4.39 Å². The van der Waals surface area contributed by atoms with Gasteiger partial charge in [0.1, 0.15) is 5.75 Å². The van der Waals surface area contributed by atoms with Gasteiger partial charge in [0.2, 0.25) is 0 Å². The van der Waals surface area contributed by atoms with Crippen molar-refractivity contribution in [1.82, 2.24) is 0 Å². The van der Waals surface area contributed by atoms with Gasteiger partial charge in [-0.15, -0.1) is 0 Å². The van der Waals surface area contributed by atoms with Crippen molar-refractivity contribution in [3.8, 4) is 11.5 Å². The fraction of sp³-hybridized carbons (Fsp3) is 0.222. The second-order valence-corrected chi connectivity index (χ2v) is 2.30. The van der Waals surface area contributed by atoms with Crippen molar-refractivity contribution >= 4 is 0 Å². The first-order chi connectivity index (χ1) is 5.69. The number of halogens is 1. The molecule has 12 heavy (non-hydrogen) atoms. The molecule has 1 aromatic rings. The van der Waals surface area contributed by atoms with Crippen molar-refractivity contribution in [3.63, 3.8) is 0 Å². The van der Waals surface area contributed by atoms with Crippen molar-refractivity contribution in [2.75, 3.05) is 14.2 Å². The van der Waals surface area contributed by atoms with Gasteiger partial charge in [0.15, 0.2) is 11.6 Å². The highest BCUT2D eigenvalue weighted by atomic mass is 19.1. The lowest BCUT2D eigenvalue weighted by Gasteiger charge is -2.07. The molecular weight excluding hydrogens is 159 g/mol. The Kier molecular flexibility index (Phi) is 2.53. The fourth-order valence-corrected chi connectivity index (χ4v) is 0.969. The van der Waals surface area contributed by atoms with Gasteiger partial charge in [0.05, 0.1) is 14.2 Å². The first-order valence-electron chi connectivity index (χ1n) is 3.42. The maximum atomic E-state index is 13.1. The molecule has 3 heteroatoms. The van der Waals surface area contributed by atoms with Crippen LogP contribution < -0.4 is 9.47 Å². The summed E-state index contributed by atoms with van der Waals surface area (Å²) in [6.07, 6.45) is 0. The zero-order valence-electron chi connectivity index (χ0n) is 7.06. The smallest absolute Gasteiger partial charge is 0.169 e. The lowest BCUT2D eigenvalue weighted by molar-refractivity contribution is 0.375. The Morgan fingerprint density at radius 3 is 2.33 bits per heavy atom. The topological polar surface area (TPSA) is 18.5 Å². The summed E-state index contributed by atoms with van der Waals surface area (Å²) in [5.74, 6) is 0.149. The zero-order valence-corrected chi connectivity index (χ0v) is 7.06. The molecule has 0 fully saturated rings. The van der Waals surface area contributed by atoms with Gasteiger partial charge < -0.3 is 9.47 Å². The summed E-state index contributed by atoms with van der Waals surface area (Å²) < 4.78 is 22.7. The van der Waals surface area contributed by atoms with E-state index in [1.807, 2.05) is 0 Å². The summed E-state index contributed by atoms with van der Waals surface area (Å²) >= 11 is 0. The molecule has 0 saturated carbocycles. The van der Waals surface area contributed by atoms with Crippen LogP contribution in [0.4, 0.5) is 4.39 Å². The Bertz CT molecular complexity index is 261. The Hall–Kier alpha value is -1.25. The van der Waals surface area contributed by atoms with Crippen LogP contribution in [0, 0.1) is 12.7 Å². The van der Waals surface area contributed by atoms with Crippen LogP contribution in [-0.4, -0.2) is 14.2 Å². The van der Waals surface area contributed by atoms with E-state index in [2.05, 4.69) is 6.92 Å². The molecule has 0 aliphatic rings. The SMILES string of the molecule is [CH2]c1cc(OC)cc(F)c1OC. The van der Waals surface area contributed by atoms with Crippen LogP contribution in [-0.2, 0) is 0 Å². The van der Waals surface area contributed by atoms with Crippen LogP contribution in [0.1, 0.15) is 5.56 Å².